The van der Waals surface area contributed by atoms with E-state index in [0.717, 1.165) is 5.56 Å². The van der Waals surface area contributed by atoms with Crippen molar-refractivity contribution in [2.45, 2.75) is 6.42 Å². The fourth-order valence-electron chi connectivity index (χ4n) is 1.81. The van der Waals surface area contributed by atoms with Crippen LogP contribution in [0.1, 0.15) is 5.56 Å². The topological polar surface area (TPSA) is 36.3 Å². The molecule has 84 valence electrons. The van der Waals surface area contributed by atoms with E-state index in [2.05, 4.69) is 0 Å². The van der Waals surface area contributed by atoms with E-state index in [0.29, 0.717) is 32.0 Å². The lowest BCUT2D eigenvalue weighted by Crippen LogP contribution is -2.36. The van der Waals surface area contributed by atoms with E-state index in [4.69, 9.17) is 10.00 Å². The molecule has 0 bridgehead atoms. The van der Waals surface area contributed by atoms with Crippen molar-refractivity contribution in [2.75, 3.05) is 31.2 Å². The SMILES string of the molecule is N#CCc1ccc(N2CCOCC2)c(F)c1. The van der Waals surface area contributed by atoms with Crippen LogP contribution in [0.5, 0.6) is 0 Å². The molecular weight excluding hydrogens is 207 g/mol. The quantitative estimate of drug-likeness (QED) is 0.761. The molecule has 1 aromatic rings. The summed E-state index contributed by atoms with van der Waals surface area (Å²) in [5.41, 5.74) is 1.32. The molecule has 1 saturated heterocycles. The minimum Gasteiger partial charge on any atom is -0.378 e. The van der Waals surface area contributed by atoms with Crippen LogP contribution in [0.25, 0.3) is 0 Å². The van der Waals surface area contributed by atoms with Gasteiger partial charge in [0.25, 0.3) is 0 Å². The van der Waals surface area contributed by atoms with Gasteiger partial charge in [-0.3, -0.25) is 0 Å². The van der Waals surface area contributed by atoms with Crippen molar-refractivity contribution in [3.8, 4) is 6.07 Å². The van der Waals surface area contributed by atoms with Crippen LogP contribution >= 0.6 is 0 Å². The van der Waals surface area contributed by atoms with Crippen LogP contribution in [0.15, 0.2) is 18.2 Å². The zero-order valence-electron chi connectivity index (χ0n) is 8.95. The molecule has 3 nitrogen and oxygen atoms in total. The van der Waals surface area contributed by atoms with Gasteiger partial charge in [-0.15, -0.1) is 0 Å². The molecule has 0 radical (unpaired) electrons. The Bertz CT molecular complexity index is 408. The van der Waals surface area contributed by atoms with E-state index in [9.17, 15) is 4.39 Å². The number of hydrogen-bond acceptors (Lipinski definition) is 3. The first kappa shape index (κ1) is 10.9. The second kappa shape index (κ2) is 4.95. The van der Waals surface area contributed by atoms with Gasteiger partial charge in [0.05, 0.1) is 31.4 Å². The Morgan fingerprint density at radius 1 is 1.38 bits per heavy atom. The zero-order valence-corrected chi connectivity index (χ0v) is 8.95. The van der Waals surface area contributed by atoms with Crippen molar-refractivity contribution in [1.29, 1.82) is 5.26 Å². The van der Waals surface area contributed by atoms with Crippen LogP contribution in [0, 0.1) is 17.1 Å². The average molecular weight is 220 g/mol. The number of nitrogens with zero attached hydrogens (tertiary/aromatic N) is 2. The van der Waals surface area contributed by atoms with Crippen molar-refractivity contribution in [3.63, 3.8) is 0 Å². The molecule has 16 heavy (non-hydrogen) atoms. The lowest BCUT2D eigenvalue weighted by molar-refractivity contribution is 0.122. The Kier molecular flexibility index (Phi) is 3.37. The average Bonchev–Trinajstić information content (AvgIpc) is 2.31. The number of halogens is 1. The van der Waals surface area contributed by atoms with Gasteiger partial charge >= 0.3 is 0 Å². The molecule has 0 aromatic heterocycles. The molecule has 0 unspecified atom stereocenters. The highest BCUT2D eigenvalue weighted by atomic mass is 19.1. The third kappa shape index (κ3) is 2.31. The van der Waals surface area contributed by atoms with E-state index in [1.54, 1.807) is 12.1 Å². The number of rotatable bonds is 2. The molecule has 2 rings (SSSR count). The first-order valence-corrected chi connectivity index (χ1v) is 5.29. The van der Waals surface area contributed by atoms with Crippen molar-refractivity contribution < 1.29 is 9.13 Å². The van der Waals surface area contributed by atoms with Crippen molar-refractivity contribution in [3.05, 3.63) is 29.6 Å². The van der Waals surface area contributed by atoms with Gasteiger partial charge < -0.3 is 9.64 Å². The summed E-state index contributed by atoms with van der Waals surface area (Å²) in [6.45, 7) is 2.71. The number of nitriles is 1. The summed E-state index contributed by atoms with van der Waals surface area (Å²) in [6, 6.07) is 6.99. The number of anilines is 1. The molecule has 1 aliphatic rings. The number of ether oxygens (including phenoxy) is 1. The van der Waals surface area contributed by atoms with Crippen LogP contribution in [0.4, 0.5) is 10.1 Å². The molecule has 0 saturated carbocycles. The third-order valence-electron chi connectivity index (χ3n) is 2.65. The second-order valence-electron chi connectivity index (χ2n) is 3.72. The molecule has 1 heterocycles. The van der Waals surface area contributed by atoms with Gasteiger partial charge in [0.15, 0.2) is 0 Å². The summed E-state index contributed by atoms with van der Waals surface area (Å²) in [5.74, 6) is -0.255. The van der Waals surface area contributed by atoms with Crippen LogP contribution < -0.4 is 4.90 Å². The molecule has 0 atom stereocenters. The molecule has 0 spiro atoms. The molecule has 0 aliphatic carbocycles. The van der Waals surface area contributed by atoms with E-state index >= 15 is 0 Å². The standard InChI is InChI=1S/C12H13FN2O/c13-11-9-10(3-4-14)1-2-12(11)15-5-7-16-8-6-15/h1-2,9H,3,5-8H2. The smallest absolute Gasteiger partial charge is 0.146 e. The first-order valence-electron chi connectivity index (χ1n) is 5.29. The summed E-state index contributed by atoms with van der Waals surface area (Å²) in [6.07, 6.45) is 0.250. The Balaban J connectivity index is 2.18. The van der Waals surface area contributed by atoms with E-state index in [1.807, 2.05) is 11.0 Å². The van der Waals surface area contributed by atoms with Gasteiger partial charge in [-0.25, -0.2) is 4.39 Å². The largest absolute Gasteiger partial charge is 0.378 e. The monoisotopic (exact) mass is 220 g/mol. The van der Waals surface area contributed by atoms with Crippen LogP contribution in [-0.4, -0.2) is 26.3 Å². The molecule has 0 amide bonds. The van der Waals surface area contributed by atoms with Crippen LogP contribution in [-0.2, 0) is 11.2 Å². The minimum absolute atomic E-state index is 0.250. The lowest BCUT2D eigenvalue weighted by atomic mass is 10.1. The third-order valence-corrected chi connectivity index (χ3v) is 2.65. The highest BCUT2D eigenvalue weighted by molar-refractivity contribution is 5.49. The van der Waals surface area contributed by atoms with Gasteiger partial charge in [-0.1, -0.05) is 6.07 Å². The van der Waals surface area contributed by atoms with Gasteiger partial charge in [-0.05, 0) is 17.7 Å². The second-order valence-corrected chi connectivity index (χ2v) is 3.72. The maximum Gasteiger partial charge on any atom is 0.146 e. The molecule has 4 heteroatoms. The molecule has 1 aromatic carbocycles. The molecule has 1 aliphatic heterocycles. The Morgan fingerprint density at radius 3 is 2.75 bits per heavy atom. The zero-order chi connectivity index (χ0) is 11.4. The summed E-state index contributed by atoms with van der Waals surface area (Å²) >= 11 is 0. The summed E-state index contributed by atoms with van der Waals surface area (Å²) < 4.78 is 19.0. The van der Waals surface area contributed by atoms with E-state index < -0.39 is 0 Å². The highest BCUT2D eigenvalue weighted by Crippen LogP contribution is 2.21. The summed E-state index contributed by atoms with van der Waals surface area (Å²) in [7, 11) is 0. The van der Waals surface area contributed by atoms with Crippen molar-refractivity contribution in [1.82, 2.24) is 0 Å². The number of hydrogen-bond donors (Lipinski definition) is 0. The normalized spacial score (nSPS) is 15.9. The van der Waals surface area contributed by atoms with E-state index in [1.165, 1.54) is 6.07 Å². The predicted octanol–water partition coefficient (Wildman–Crippen LogP) is 1.73. The Labute approximate surface area is 94.0 Å². The summed E-state index contributed by atoms with van der Waals surface area (Å²) in [5, 5.41) is 8.53. The Morgan fingerprint density at radius 2 is 2.12 bits per heavy atom. The maximum atomic E-state index is 13.8. The Hall–Kier alpha value is -1.60. The fraction of sp³-hybridized carbons (Fsp3) is 0.417. The van der Waals surface area contributed by atoms with Gasteiger partial charge in [0.1, 0.15) is 5.82 Å². The van der Waals surface area contributed by atoms with Crippen LogP contribution in [0.3, 0.4) is 0 Å². The van der Waals surface area contributed by atoms with Gasteiger partial charge in [0.2, 0.25) is 0 Å². The summed E-state index contributed by atoms with van der Waals surface area (Å²) in [4.78, 5) is 1.97. The highest BCUT2D eigenvalue weighted by Gasteiger charge is 2.14. The molecule has 0 N–H and O–H groups in total. The van der Waals surface area contributed by atoms with Crippen molar-refractivity contribution >= 4 is 5.69 Å². The molecular formula is C12H13FN2O. The first-order chi connectivity index (χ1) is 7.81. The minimum atomic E-state index is -0.255. The lowest BCUT2D eigenvalue weighted by Gasteiger charge is -2.29. The number of benzene rings is 1. The van der Waals surface area contributed by atoms with Gasteiger partial charge in [-0.2, -0.15) is 5.26 Å². The van der Waals surface area contributed by atoms with Crippen molar-refractivity contribution in [2.24, 2.45) is 0 Å². The maximum absolute atomic E-state index is 13.8. The van der Waals surface area contributed by atoms with Crippen LogP contribution in [0.2, 0.25) is 0 Å². The molecule has 1 fully saturated rings. The number of morpholine rings is 1. The fourth-order valence-corrected chi connectivity index (χ4v) is 1.81. The predicted molar refractivity (Wildman–Crippen MR) is 58.7 cm³/mol. The van der Waals surface area contributed by atoms with E-state index in [-0.39, 0.29) is 12.2 Å². The van der Waals surface area contributed by atoms with Gasteiger partial charge in [0, 0.05) is 13.1 Å².